The van der Waals surface area contributed by atoms with Gasteiger partial charge in [0.1, 0.15) is 0 Å². The standard InChI is InChI=1S/C16H30N4.ClH/c1-5-19(16-7-6-9-17-10-8-16)11-15-12-20(13(2)3)18-14(15)4;/h12-13,16-17H,5-11H2,1-4H3;1H. The Morgan fingerprint density at radius 2 is 2.14 bits per heavy atom. The van der Waals surface area contributed by atoms with Crippen molar-refractivity contribution in [1.29, 1.82) is 0 Å². The zero-order valence-corrected chi connectivity index (χ0v) is 14.7. The van der Waals surface area contributed by atoms with E-state index < -0.39 is 0 Å². The SMILES string of the molecule is CCN(Cc1cn(C(C)C)nc1C)C1CCCNCC1.Cl. The van der Waals surface area contributed by atoms with Crippen LogP contribution < -0.4 is 5.32 Å². The average Bonchev–Trinajstić information content (AvgIpc) is 2.65. The van der Waals surface area contributed by atoms with Crippen molar-refractivity contribution in [3.63, 3.8) is 0 Å². The number of halogens is 1. The van der Waals surface area contributed by atoms with E-state index in [9.17, 15) is 0 Å². The molecule has 1 unspecified atom stereocenters. The van der Waals surface area contributed by atoms with Crippen molar-refractivity contribution in [2.24, 2.45) is 0 Å². The van der Waals surface area contributed by atoms with Gasteiger partial charge in [-0.15, -0.1) is 12.4 Å². The topological polar surface area (TPSA) is 33.1 Å². The molecule has 1 aliphatic heterocycles. The van der Waals surface area contributed by atoms with E-state index in [0.717, 1.165) is 25.7 Å². The molecule has 0 radical (unpaired) electrons. The van der Waals surface area contributed by atoms with Crippen molar-refractivity contribution >= 4 is 12.4 Å². The van der Waals surface area contributed by atoms with Crippen LogP contribution in [0.25, 0.3) is 0 Å². The molecule has 1 fully saturated rings. The first kappa shape index (κ1) is 18.5. The quantitative estimate of drug-likeness (QED) is 0.906. The number of hydrogen-bond acceptors (Lipinski definition) is 3. The van der Waals surface area contributed by atoms with Gasteiger partial charge in [0.25, 0.3) is 0 Å². The Labute approximate surface area is 135 Å². The molecule has 0 aliphatic carbocycles. The van der Waals surface area contributed by atoms with Gasteiger partial charge in [0.2, 0.25) is 0 Å². The molecule has 122 valence electrons. The molecular formula is C16H31ClN4. The molecule has 4 nitrogen and oxygen atoms in total. The second-order valence-electron chi connectivity index (χ2n) is 6.21. The fourth-order valence-corrected chi connectivity index (χ4v) is 3.02. The number of aryl methyl sites for hydroxylation is 1. The van der Waals surface area contributed by atoms with E-state index >= 15 is 0 Å². The Kier molecular flexibility index (Phi) is 7.71. The minimum absolute atomic E-state index is 0. The van der Waals surface area contributed by atoms with E-state index in [-0.39, 0.29) is 12.4 Å². The molecule has 1 atom stereocenters. The van der Waals surface area contributed by atoms with Crippen LogP contribution in [0.3, 0.4) is 0 Å². The lowest BCUT2D eigenvalue weighted by Crippen LogP contribution is -2.35. The summed E-state index contributed by atoms with van der Waals surface area (Å²) in [6, 6.07) is 1.16. The maximum Gasteiger partial charge on any atom is 0.0638 e. The Bertz CT molecular complexity index is 408. The van der Waals surface area contributed by atoms with Gasteiger partial charge in [-0.1, -0.05) is 6.92 Å². The predicted molar refractivity (Wildman–Crippen MR) is 91.2 cm³/mol. The number of hydrogen-bond donors (Lipinski definition) is 1. The van der Waals surface area contributed by atoms with Crippen molar-refractivity contribution in [2.45, 2.75) is 65.6 Å². The second-order valence-corrected chi connectivity index (χ2v) is 6.21. The molecule has 5 heteroatoms. The molecule has 1 aromatic rings. The highest BCUT2D eigenvalue weighted by Gasteiger charge is 2.20. The fourth-order valence-electron chi connectivity index (χ4n) is 3.02. The zero-order chi connectivity index (χ0) is 14.5. The predicted octanol–water partition coefficient (Wildman–Crippen LogP) is 3.16. The highest BCUT2D eigenvalue weighted by Crippen LogP contribution is 2.19. The summed E-state index contributed by atoms with van der Waals surface area (Å²) >= 11 is 0. The monoisotopic (exact) mass is 314 g/mol. The Morgan fingerprint density at radius 1 is 1.38 bits per heavy atom. The zero-order valence-electron chi connectivity index (χ0n) is 13.9. The van der Waals surface area contributed by atoms with Crippen LogP contribution in [0.2, 0.25) is 0 Å². The smallest absolute Gasteiger partial charge is 0.0638 e. The third-order valence-corrected chi connectivity index (χ3v) is 4.39. The van der Waals surface area contributed by atoms with E-state index in [1.54, 1.807) is 0 Å². The van der Waals surface area contributed by atoms with Gasteiger partial charge < -0.3 is 5.32 Å². The highest BCUT2D eigenvalue weighted by molar-refractivity contribution is 5.85. The van der Waals surface area contributed by atoms with Crippen LogP contribution in [0.1, 0.15) is 57.3 Å². The van der Waals surface area contributed by atoms with E-state index in [1.807, 2.05) is 0 Å². The van der Waals surface area contributed by atoms with Crippen LogP contribution in [0.15, 0.2) is 6.20 Å². The third-order valence-electron chi connectivity index (χ3n) is 4.39. The minimum atomic E-state index is 0. The second kappa shape index (κ2) is 8.76. The van der Waals surface area contributed by atoms with Gasteiger partial charge in [0, 0.05) is 30.4 Å². The normalized spacial score (nSPS) is 19.6. The summed E-state index contributed by atoms with van der Waals surface area (Å²) in [6.45, 7) is 13.3. The van der Waals surface area contributed by atoms with Crippen molar-refractivity contribution < 1.29 is 0 Å². The molecule has 2 heterocycles. The molecule has 0 spiro atoms. The molecule has 1 N–H and O–H groups in total. The van der Waals surface area contributed by atoms with Gasteiger partial charge in [-0.25, -0.2) is 0 Å². The molecule has 1 aromatic heterocycles. The molecule has 1 aliphatic rings. The van der Waals surface area contributed by atoms with Crippen LogP contribution in [0.5, 0.6) is 0 Å². The van der Waals surface area contributed by atoms with Crippen LogP contribution >= 0.6 is 12.4 Å². The van der Waals surface area contributed by atoms with Crippen LogP contribution in [0.4, 0.5) is 0 Å². The van der Waals surface area contributed by atoms with E-state index in [2.05, 4.69) is 53.9 Å². The minimum Gasteiger partial charge on any atom is -0.317 e. The Balaban J connectivity index is 0.00000220. The number of rotatable bonds is 5. The first-order valence-electron chi connectivity index (χ1n) is 8.11. The van der Waals surface area contributed by atoms with E-state index in [1.165, 1.54) is 37.1 Å². The molecular weight excluding hydrogens is 284 g/mol. The summed E-state index contributed by atoms with van der Waals surface area (Å²) in [4.78, 5) is 2.63. The molecule has 1 saturated heterocycles. The van der Waals surface area contributed by atoms with E-state index in [4.69, 9.17) is 0 Å². The number of aromatic nitrogens is 2. The summed E-state index contributed by atoms with van der Waals surface area (Å²) in [5.41, 5.74) is 2.57. The highest BCUT2D eigenvalue weighted by atomic mass is 35.5. The molecule has 0 amide bonds. The van der Waals surface area contributed by atoms with Crippen molar-refractivity contribution in [2.75, 3.05) is 19.6 Å². The number of nitrogens with one attached hydrogen (secondary N) is 1. The van der Waals surface area contributed by atoms with E-state index in [0.29, 0.717) is 6.04 Å². The largest absolute Gasteiger partial charge is 0.317 e. The Morgan fingerprint density at radius 3 is 2.76 bits per heavy atom. The van der Waals surface area contributed by atoms with Gasteiger partial charge in [-0.05, 0) is 59.7 Å². The van der Waals surface area contributed by atoms with Crippen molar-refractivity contribution in [1.82, 2.24) is 20.0 Å². The summed E-state index contributed by atoms with van der Waals surface area (Å²) < 4.78 is 2.09. The first-order valence-corrected chi connectivity index (χ1v) is 8.11. The molecule has 0 aromatic carbocycles. The lowest BCUT2D eigenvalue weighted by Gasteiger charge is -2.29. The van der Waals surface area contributed by atoms with Gasteiger partial charge in [-0.2, -0.15) is 5.10 Å². The van der Waals surface area contributed by atoms with Crippen LogP contribution in [-0.2, 0) is 6.54 Å². The van der Waals surface area contributed by atoms with Crippen LogP contribution in [-0.4, -0.2) is 40.4 Å². The fraction of sp³-hybridized carbons (Fsp3) is 0.812. The number of nitrogens with zero attached hydrogens (tertiary/aromatic N) is 3. The lowest BCUT2D eigenvalue weighted by atomic mass is 10.1. The van der Waals surface area contributed by atoms with Gasteiger partial charge in [0.15, 0.2) is 0 Å². The Hall–Kier alpha value is -0.580. The van der Waals surface area contributed by atoms with Crippen LogP contribution in [0, 0.1) is 6.92 Å². The average molecular weight is 315 g/mol. The molecule has 21 heavy (non-hydrogen) atoms. The molecule has 0 saturated carbocycles. The first-order chi connectivity index (χ1) is 9.61. The summed E-state index contributed by atoms with van der Waals surface area (Å²) in [6.07, 6.45) is 6.12. The summed E-state index contributed by atoms with van der Waals surface area (Å²) in [5, 5.41) is 8.15. The van der Waals surface area contributed by atoms with Crippen molar-refractivity contribution in [3.8, 4) is 0 Å². The van der Waals surface area contributed by atoms with Gasteiger partial charge in [0.05, 0.1) is 5.69 Å². The summed E-state index contributed by atoms with van der Waals surface area (Å²) in [5.74, 6) is 0. The molecule has 2 rings (SSSR count). The maximum atomic E-state index is 4.64. The summed E-state index contributed by atoms with van der Waals surface area (Å²) in [7, 11) is 0. The lowest BCUT2D eigenvalue weighted by molar-refractivity contribution is 0.182. The maximum absolute atomic E-state index is 4.64. The van der Waals surface area contributed by atoms with Crippen molar-refractivity contribution in [3.05, 3.63) is 17.5 Å². The molecule has 0 bridgehead atoms. The van der Waals surface area contributed by atoms with Gasteiger partial charge >= 0.3 is 0 Å². The third kappa shape index (κ3) is 4.97. The van der Waals surface area contributed by atoms with Gasteiger partial charge in [-0.3, -0.25) is 9.58 Å².